The minimum Gasteiger partial charge on any atom is -0.422 e. The highest BCUT2D eigenvalue weighted by Crippen LogP contribution is 2.26. The molecule has 1 aromatic rings. The van der Waals surface area contributed by atoms with Crippen molar-refractivity contribution in [1.82, 2.24) is 5.16 Å². The normalized spacial score (nSPS) is 9.40. The lowest BCUT2D eigenvalue weighted by molar-refractivity contribution is -0.120. The average Bonchev–Trinajstić information content (AvgIpc) is 2.20. The number of aromatic nitrogens is 1. The Morgan fingerprint density at radius 1 is 1.80 bits per heavy atom. The standard InChI is InChI=1S/C5H4ClNO3/c1-3-4(9-2-8)5(6)7-10-3/h2H,1H3. The van der Waals surface area contributed by atoms with Gasteiger partial charge in [-0.3, -0.25) is 4.79 Å². The van der Waals surface area contributed by atoms with E-state index < -0.39 is 0 Å². The van der Waals surface area contributed by atoms with Crippen LogP contribution in [0.4, 0.5) is 0 Å². The largest absolute Gasteiger partial charge is 0.422 e. The molecule has 1 rings (SSSR count). The van der Waals surface area contributed by atoms with Crippen molar-refractivity contribution in [2.24, 2.45) is 0 Å². The number of hydrogen-bond acceptors (Lipinski definition) is 4. The zero-order valence-corrected chi connectivity index (χ0v) is 5.88. The molecular formula is C5H4ClNO3. The van der Waals surface area contributed by atoms with Crippen molar-refractivity contribution in [2.75, 3.05) is 0 Å². The van der Waals surface area contributed by atoms with Crippen LogP contribution in [0.5, 0.6) is 5.75 Å². The van der Waals surface area contributed by atoms with Crippen LogP contribution in [-0.2, 0) is 4.79 Å². The molecule has 0 saturated heterocycles. The van der Waals surface area contributed by atoms with Gasteiger partial charge in [0, 0.05) is 6.92 Å². The molecular weight excluding hydrogens is 158 g/mol. The third kappa shape index (κ3) is 1.11. The van der Waals surface area contributed by atoms with Gasteiger partial charge >= 0.3 is 0 Å². The number of carbonyl (C=O) groups excluding carboxylic acids is 1. The predicted molar refractivity (Wildman–Crippen MR) is 32.9 cm³/mol. The summed E-state index contributed by atoms with van der Waals surface area (Å²) in [7, 11) is 0. The highest BCUT2D eigenvalue weighted by atomic mass is 35.5. The number of nitrogens with zero attached hydrogens (tertiary/aromatic N) is 1. The minimum atomic E-state index is 0.0598. The molecule has 0 aliphatic rings. The maximum absolute atomic E-state index is 9.83. The van der Waals surface area contributed by atoms with E-state index in [1.165, 1.54) is 0 Å². The molecule has 0 unspecified atom stereocenters. The van der Waals surface area contributed by atoms with Crippen LogP contribution in [0, 0.1) is 6.92 Å². The molecule has 5 heteroatoms. The molecule has 0 amide bonds. The van der Waals surface area contributed by atoms with E-state index in [-0.39, 0.29) is 17.4 Å². The molecule has 10 heavy (non-hydrogen) atoms. The summed E-state index contributed by atoms with van der Waals surface area (Å²) in [5.74, 6) is 0.564. The fraction of sp³-hybridized carbons (Fsp3) is 0.200. The lowest BCUT2D eigenvalue weighted by atomic mass is 10.5. The summed E-state index contributed by atoms with van der Waals surface area (Å²) in [6.45, 7) is 1.86. The smallest absolute Gasteiger partial charge is 0.298 e. The van der Waals surface area contributed by atoms with E-state index in [1.807, 2.05) is 0 Å². The summed E-state index contributed by atoms with van der Waals surface area (Å²) in [5.41, 5.74) is 0. The van der Waals surface area contributed by atoms with Crippen LogP contribution < -0.4 is 4.74 Å². The van der Waals surface area contributed by atoms with Crippen LogP contribution in [-0.4, -0.2) is 11.6 Å². The van der Waals surface area contributed by atoms with Crippen molar-refractivity contribution in [2.45, 2.75) is 6.92 Å². The Morgan fingerprint density at radius 2 is 2.50 bits per heavy atom. The molecule has 54 valence electrons. The summed E-state index contributed by atoms with van der Waals surface area (Å²) >= 11 is 5.44. The SMILES string of the molecule is Cc1onc(Cl)c1OC=O. The first-order chi connectivity index (χ1) is 4.75. The van der Waals surface area contributed by atoms with E-state index in [2.05, 4.69) is 14.4 Å². The third-order valence-electron chi connectivity index (χ3n) is 0.936. The summed E-state index contributed by atoms with van der Waals surface area (Å²) in [6.07, 6.45) is 0. The predicted octanol–water partition coefficient (Wildman–Crippen LogP) is 1.17. The summed E-state index contributed by atoms with van der Waals surface area (Å²) in [4.78, 5) is 9.83. The number of hydrogen-bond donors (Lipinski definition) is 0. The summed E-state index contributed by atoms with van der Waals surface area (Å²) in [6, 6.07) is 0. The van der Waals surface area contributed by atoms with Gasteiger partial charge in [0.1, 0.15) is 0 Å². The van der Waals surface area contributed by atoms with Gasteiger partial charge in [-0.15, -0.1) is 0 Å². The topological polar surface area (TPSA) is 52.3 Å². The molecule has 1 aromatic heterocycles. The minimum absolute atomic E-state index is 0.0598. The molecule has 0 aromatic carbocycles. The zero-order chi connectivity index (χ0) is 7.56. The second-order valence-corrected chi connectivity index (χ2v) is 1.93. The first-order valence-electron chi connectivity index (χ1n) is 2.47. The van der Waals surface area contributed by atoms with Crippen molar-refractivity contribution < 1.29 is 14.1 Å². The molecule has 4 nitrogen and oxygen atoms in total. The second-order valence-electron chi connectivity index (χ2n) is 1.57. The molecule has 0 radical (unpaired) electrons. The van der Waals surface area contributed by atoms with Gasteiger partial charge in [-0.2, -0.15) is 0 Å². The Balaban J connectivity index is 2.97. The molecule has 0 saturated carbocycles. The Bertz CT molecular complexity index is 226. The van der Waals surface area contributed by atoms with Gasteiger partial charge in [-0.1, -0.05) is 16.8 Å². The van der Waals surface area contributed by atoms with E-state index >= 15 is 0 Å². The van der Waals surface area contributed by atoms with E-state index in [0.29, 0.717) is 5.76 Å². The van der Waals surface area contributed by atoms with Gasteiger partial charge in [-0.05, 0) is 0 Å². The lowest BCUT2D eigenvalue weighted by Crippen LogP contribution is -1.88. The van der Waals surface area contributed by atoms with Gasteiger partial charge in [0.05, 0.1) is 0 Å². The van der Waals surface area contributed by atoms with Gasteiger partial charge in [0.25, 0.3) is 6.47 Å². The van der Waals surface area contributed by atoms with Crippen LogP contribution in [0.2, 0.25) is 5.15 Å². The van der Waals surface area contributed by atoms with Crippen molar-refractivity contribution in [1.29, 1.82) is 0 Å². The van der Waals surface area contributed by atoms with Crippen LogP contribution in [0.25, 0.3) is 0 Å². The maximum Gasteiger partial charge on any atom is 0.298 e. The Kier molecular flexibility index (Phi) is 1.91. The van der Waals surface area contributed by atoms with Crippen LogP contribution >= 0.6 is 11.6 Å². The number of halogens is 1. The number of rotatable bonds is 2. The highest BCUT2D eigenvalue weighted by molar-refractivity contribution is 6.30. The van der Waals surface area contributed by atoms with E-state index in [4.69, 9.17) is 11.6 Å². The Hall–Kier alpha value is -1.03. The summed E-state index contributed by atoms with van der Waals surface area (Å²) < 4.78 is 9.02. The second kappa shape index (κ2) is 2.70. The highest BCUT2D eigenvalue weighted by Gasteiger charge is 2.10. The quantitative estimate of drug-likeness (QED) is 0.611. The van der Waals surface area contributed by atoms with E-state index in [9.17, 15) is 4.79 Å². The third-order valence-corrected chi connectivity index (χ3v) is 1.18. The fourth-order valence-electron chi connectivity index (χ4n) is 0.516. The molecule has 0 atom stereocenters. The number of aryl methyl sites for hydroxylation is 1. The molecule has 0 N–H and O–H groups in total. The fourth-order valence-corrected chi connectivity index (χ4v) is 0.729. The van der Waals surface area contributed by atoms with Crippen LogP contribution in [0.1, 0.15) is 5.76 Å². The van der Waals surface area contributed by atoms with Gasteiger partial charge in [0.15, 0.2) is 5.76 Å². The molecule has 0 aliphatic carbocycles. The van der Waals surface area contributed by atoms with Crippen molar-refractivity contribution in [3.05, 3.63) is 10.9 Å². The van der Waals surface area contributed by atoms with Gasteiger partial charge < -0.3 is 9.26 Å². The molecule has 1 heterocycles. The first-order valence-corrected chi connectivity index (χ1v) is 2.85. The van der Waals surface area contributed by atoms with E-state index in [1.54, 1.807) is 6.92 Å². The molecule has 0 bridgehead atoms. The number of ether oxygens (including phenoxy) is 1. The maximum atomic E-state index is 9.83. The van der Waals surface area contributed by atoms with Gasteiger partial charge in [-0.25, -0.2) is 0 Å². The molecule has 0 fully saturated rings. The van der Waals surface area contributed by atoms with E-state index in [0.717, 1.165) is 0 Å². The Morgan fingerprint density at radius 3 is 2.90 bits per heavy atom. The Labute approximate surface area is 61.7 Å². The number of carbonyl (C=O) groups is 1. The van der Waals surface area contributed by atoms with Gasteiger partial charge in [0.2, 0.25) is 10.9 Å². The van der Waals surface area contributed by atoms with Crippen LogP contribution in [0.15, 0.2) is 4.52 Å². The zero-order valence-electron chi connectivity index (χ0n) is 5.13. The molecule has 0 spiro atoms. The monoisotopic (exact) mass is 161 g/mol. The summed E-state index contributed by atoms with van der Waals surface area (Å²) in [5, 5.41) is 3.40. The average molecular weight is 162 g/mol. The molecule has 0 aliphatic heterocycles. The van der Waals surface area contributed by atoms with Crippen molar-refractivity contribution >= 4 is 18.1 Å². The van der Waals surface area contributed by atoms with Crippen molar-refractivity contribution in [3.8, 4) is 5.75 Å². The lowest BCUT2D eigenvalue weighted by Gasteiger charge is -1.89. The first kappa shape index (κ1) is 7.08. The van der Waals surface area contributed by atoms with Crippen molar-refractivity contribution in [3.63, 3.8) is 0 Å². The van der Waals surface area contributed by atoms with Crippen LogP contribution in [0.3, 0.4) is 0 Å².